The van der Waals surface area contributed by atoms with Crippen LogP contribution in [0.1, 0.15) is 22.3 Å². The van der Waals surface area contributed by atoms with Gasteiger partial charge in [0.05, 0.1) is 0 Å². The molecule has 1 aliphatic heterocycles. The maximum Gasteiger partial charge on any atom is 0.103 e. The van der Waals surface area contributed by atoms with E-state index in [9.17, 15) is 0 Å². The zero-order chi connectivity index (χ0) is 17.1. The number of hydrogen-bond donors (Lipinski definition) is 1. The number of benzene rings is 2. The molecule has 1 heterocycles. The van der Waals surface area contributed by atoms with Crippen LogP contribution in [0.15, 0.2) is 42.5 Å². The molecule has 1 saturated heterocycles. The Bertz CT molecular complexity index is 733. The van der Waals surface area contributed by atoms with Crippen molar-refractivity contribution in [3.8, 4) is 0 Å². The number of anilines is 1. The van der Waals surface area contributed by atoms with Crippen molar-refractivity contribution in [3.63, 3.8) is 0 Å². The topological polar surface area (TPSA) is 32.5 Å². The summed E-state index contributed by atoms with van der Waals surface area (Å²) in [5, 5.41) is 0. The minimum absolute atomic E-state index is 0.469. The van der Waals surface area contributed by atoms with E-state index >= 15 is 0 Å². The molecule has 1 fully saturated rings. The molecule has 0 spiro atoms. The minimum atomic E-state index is 0.469. The van der Waals surface area contributed by atoms with Crippen molar-refractivity contribution in [2.24, 2.45) is 5.73 Å². The molecule has 24 heavy (non-hydrogen) atoms. The third-order valence-electron chi connectivity index (χ3n) is 4.91. The van der Waals surface area contributed by atoms with Crippen LogP contribution >= 0.6 is 12.2 Å². The number of thiocarbonyl (C=S) groups is 1. The second-order valence-corrected chi connectivity index (χ2v) is 6.99. The van der Waals surface area contributed by atoms with Crippen LogP contribution in [-0.4, -0.2) is 36.1 Å². The van der Waals surface area contributed by atoms with E-state index in [0.717, 1.165) is 38.3 Å². The smallest absolute Gasteiger partial charge is 0.103 e. The molecule has 0 aromatic heterocycles. The monoisotopic (exact) mass is 339 g/mol. The zero-order valence-corrected chi connectivity index (χ0v) is 15.3. The van der Waals surface area contributed by atoms with Crippen molar-refractivity contribution in [3.05, 3.63) is 64.7 Å². The van der Waals surface area contributed by atoms with Crippen LogP contribution in [0, 0.1) is 13.8 Å². The Kier molecular flexibility index (Phi) is 5.17. The Morgan fingerprint density at radius 1 is 1.04 bits per heavy atom. The Morgan fingerprint density at radius 2 is 1.75 bits per heavy atom. The van der Waals surface area contributed by atoms with E-state index in [1.165, 1.54) is 22.4 Å². The summed E-state index contributed by atoms with van der Waals surface area (Å²) in [6.45, 7) is 9.65. The minimum Gasteiger partial charge on any atom is -0.389 e. The molecule has 0 bridgehead atoms. The Hall–Kier alpha value is -1.91. The number of hydrogen-bond acceptors (Lipinski definition) is 3. The van der Waals surface area contributed by atoms with E-state index in [1.54, 1.807) is 0 Å². The Balaban J connectivity index is 1.62. The van der Waals surface area contributed by atoms with Gasteiger partial charge in [0.2, 0.25) is 0 Å². The standard InChI is InChI=1S/C20H25N3S/c1-15-5-3-8-19(16(15)2)23-11-9-22(10-12-23)14-17-6-4-7-18(13-17)20(21)24/h3-8,13H,9-12,14H2,1-2H3,(H2,21,24). The summed E-state index contributed by atoms with van der Waals surface area (Å²) in [5.74, 6) is 0. The molecule has 4 heteroatoms. The largest absolute Gasteiger partial charge is 0.389 e. The summed E-state index contributed by atoms with van der Waals surface area (Å²) in [6, 6.07) is 14.9. The molecule has 0 radical (unpaired) electrons. The van der Waals surface area contributed by atoms with Gasteiger partial charge < -0.3 is 10.6 Å². The van der Waals surface area contributed by atoms with Gasteiger partial charge in [0.1, 0.15) is 4.99 Å². The molecule has 2 aromatic rings. The summed E-state index contributed by atoms with van der Waals surface area (Å²) in [5.41, 5.74) is 12.1. The van der Waals surface area contributed by atoms with Gasteiger partial charge in [-0.15, -0.1) is 0 Å². The average molecular weight is 340 g/mol. The van der Waals surface area contributed by atoms with E-state index in [0.29, 0.717) is 4.99 Å². The van der Waals surface area contributed by atoms with Crippen molar-refractivity contribution in [2.45, 2.75) is 20.4 Å². The van der Waals surface area contributed by atoms with Gasteiger partial charge in [-0.25, -0.2) is 0 Å². The first-order valence-corrected chi connectivity index (χ1v) is 8.87. The highest BCUT2D eigenvalue weighted by atomic mass is 32.1. The van der Waals surface area contributed by atoms with Gasteiger partial charge in [0, 0.05) is 44.0 Å². The molecule has 0 atom stereocenters. The molecular formula is C20H25N3S. The highest BCUT2D eigenvalue weighted by molar-refractivity contribution is 7.80. The zero-order valence-electron chi connectivity index (χ0n) is 14.5. The van der Waals surface area contributed by atoms with Gasteiger partial charge in [-0.2, -0.15) is 0 Å². The van der Waals surface area contributed by atoms with E-state index < -0.39 is 0 Å². The fourth-order valence-corrected chi connectivity index (χ4v) is 3.43. The lowest BCUT2D eigenvalue weighted by atomic mass is 10.1. The summed E-state index contributed by atoms with van der Waals surface area (Å²) in [7, 11) is 0. The quantitative estimate of drug-likeness (QED) is 0.867. The predicted molar refractivity (Wildman–Crippen MR) is 106 cm³/mol. The summed E-state index contributed by atoms with van der Waals surface area (Å²) >= 11 is 5.08. The number of nitrogens with zero attached hydrogens (tertiary/aromatic N) is 2. The van der Waals surface area contributed by atoms with Gasteiger partial charge in [-0.05, 0) is 42.7 Å². The van der Waals surface area contributed by atoms with Gasteiger partial charge >= 0.3 is 0 Å². The van der Waals surface area contributed by atoms with Crippen molar-refractivity contribution in [2.75, 3.05) is 31.1 Å². The predicted octanol–water partition coefficient (Wildman–Crippen LogP) is 3.26. The molecule has 0 unspecified atom stereocenters. The molecule has 0 saturated carbocycles. The number of aryl methyl sites for hydroxylation is 1. The number of rotatable bonds is 4. The van der Waals surface area contributed by atoms with E-state index in [2.05, 4.69) is 54.0 Å². The normalized spacial score (nSPS) is 15.5. The van der Waals surface area contributed by atoms with Crippen LogP contribution < -0.4 is 10.6 Å². The highest BCUT2D eigenvalue weighted by Crippen LogP contribution is 2.24. The fraction of sp³-hybridized carbons (Fsp3) is 0.350. The van der Waals surface area contributed by atoms with E-state index in [1.807, 2.05) is 12.1 Å². The summed E-state index contributed by atoms with van der Waals surface area (Å²) in [4.78, 5) is 5.47. The van der Waals surface area contributed by atoms with Crippen LogP contribution in [0.5, 0.6) is 0 Å². The maximum absolute atomic E-state index is 5.74. The van der Waals surface area contributed by atoms with Gasteiger partial charge in [-0.3, -0.25) is 4.90 Å². The second kappa shape index (κ2) is 7.32. The van der Waals surface area contributed by atoms with Crippen LogP contribution in [0.25, 0.3) is 0 Å². The third-order valence-corrected chi connectivity index (χ3v) is 5.14. The molecule has 3 rings (SSSR count). The molecule has 126 valence electrons. The molecule has 2 aromatic carbocycles. The first-order chi connectivity index (χ1) is 11.5. The van der Waals surface area contributed by atoms with Gasteiger partial charge in [0.15, 0.2) is 0 Å². The molecule has 1 aliphatic rings. The van der Waals surface area contributed by atoms with E-state index in [4.69, 9.17) is 18.0 Å². The lowest BCUT2D eigenvalue weighted by Gasteiger charge is -2.37. The molecule has 2 N–H and O–H groups in total. The van der Waals surface area contributed by atoms with Crippen LogP contribution in [0.2, 0.25) is 0 Å². The van der Waals surface area contributed by atoms with Crippen molar-refractivity contribution in [1.29, 1.82) is 0 Å². The van der Waals surface area contributed by atoms with Crippen molar-refractivity contribution in [1.82, 2.24) is 4.90 Å². The molecule has 3 nitrogen and oxygen atoms in total. The Labute approximate surface area is 150 Å². The summed E-state index contributed by atoms with van der Waals surface area (Å²) in [6.07, 6.45) is 0. The van der Waals surface area contributed by atoms with Gasteiger partial charge in [-0.1, -0.05) is 42.5 Å². The first-order valence-electron chi connectivity index (χ1n) is 8.47. The van der Waals surface area contributed by atoms with Crippen LogP contribution in [-0.2, 0) is 6.54 Å². The first kappa shape index (κ1) is 16.9. The SMILES string of the molecule is Cc1cccc(N2CCN(Cc3cccc(C(N)=S)c3)CC2)c1C. The highest BCUT2D eigenvalue weighted by Gasteiger charge is 2.19. The molecule has 0 amide bonds. The van der Waals surface area contributed by atoms with Gasteiger partial charge in [0.25, 0.3) is 0 Å². The number of nitrogens with two attached hydrogens (primary N) is 1. The lowest BCUT2D eigenvalue weighted by Crippen LogP contribution is -2.46. The third kappa shape index (κ3) is 3.77. The fourth-order valence-electron chi connectivity index (χ4n) is 3.31. The maximum atomic E-state index is 5.74. The lowest BCUT2D eigenvalue weighted by molar-refractivity contribution is 0.250. The molecular weight excluding hydrogens is 314 g/mol. The summed E-state index contributed by atoms with van der Waals surface area (Å²) < 4.78 is 0. The average Bonchev–Trinajstić information content (AvgIpc) is 2.58. The van der Waals surface area contributed by atoms with Crippen LogP contribution in [0.3, 0.4) is 0 Å². The van der Waals surface area contributed by atoms with Crippen molar-refractivity contribution >= 4 is 22.9 Å². The molecule has 0 aliphatic carbocycles. The Morgan fingerprint density at radius 3 is 2.46 bits per heavy atom. The second-order valence-electron chi connectivity index (χ2n) is 6.55. The number of piperazine rings is 1. The van der Waals surface area contributed by atoms with Crippen LogP contribution in [0.4, 0.5) is 5.69 Å². The van der Waals surface area contributed by atoms with Crippen molar-refractivity contribution < 1.29 is 0 Å². The van der Waals surface area contributed by atoms with E-state index in [-0.39, 0.29) is 0 Å².